The Bertz CT molecular complexity index is 717. The zero-order chi connectivity index (χ0) is 15.0. The van der Waals surface area contributed by atoms with Crippen LogP contribution in [0.2, 0.25) is 0 Å². The zero-order valence-electron chi connectivity index (χ0n) is 11.3. The average Bonchev–Trinajstić information content (AvgIpc) is 2.76. The summed E-state index contributed by atoms with van der Waals surface area (Å²) in [6, 6.07) is 8.03. The van der Waals surface area contributed by atoms with E-state index in [0.29, 0.717) is 10.2 Å². The van der Waals surface area contributed by atoms with E-state index in [1.54, 1.807) is 18.2 Å². The van der Waals surface area contributed by atoms with Gasteiger partial charge >= 0.3 is 0 Å². The van der Waals surface area contributed by atoms with Crippen LogP contribution in [0.15, 0.2) is 44.2 Å². The molecule has 1 heterocycles. The maximum absolute atomic E-state index is 12.2. The summed E-state index contributed by atoms with van der Waals surface area (Å²) < 4.78 is 32.5. The predicted molar refractivity (Wildman–Crippen MR) is 80.2 cm³/mol. The molecule has 7 heteroatoms. The van der Waals surface area contributed by atoms with Gasteiger partial charge in [0.05, 0.1) is 10.6 Å². The van der Waals surface area contributed by atoms with Crippen LogP contribution in [-0.4, -0.2) is 13.6 Å². The third-order valence-electron chi connectivity index (χ3n) is 2.62. The van der Waals surface area contributed by atoms with E-state index in [2.05, 4.69) is 25.8 Å². The Kier molecular flexibility index (Phi) is 3.93. The lowest BCUT2D eigenvalue weighted by Gasteiger charge is -2.12. The minimum Gasteiger partial charge on any atom is -0.338 e. The van der Waals surface area contributed by atoms with Crippen LogP contribution in [0.5, 0.6) is 0 Å². The number of nitrogens with zero attached hydrogens (tertiary/aromatic N) is 1. The monoisotopic (exact) mass is 358 g/mol. The van der Waals surface area contributed by atoms with Crippen LogP contribution < -0.4 is 4.72 Å². The van der Waals surface area contributed by atoms with Crippen LogP contribution in [0.25, 0.3) is 0 Å². The minimum atomic E-state index is -3.68. The maximum Gasteiger partial charge on any atom is 0.264 e. The van der Waals surface area contributed by atoms with Gasteiger partial charge in [-0.25, -0.2) is 13.1 Å². The quantitative estimate of drug-likeness (QED) is 0.910. The van der Waals surface area contributed by atoms with Crippen LogP contribution in [0.4, 0.5) is 5.88 Å². The van der Waals surface area contributed by atoms with E-state index in [4.69, 9.17) is 4.52 Å². The fourth-order valence-corrected chi connectivity index (χ4v) is 3.07. The summed E-state index contributed by atoms with van der Waals surface area (Å²) in [4.78, 5) is 0.153. The van der Waals surface area contributed by atoms with E-state index in [1.165, 1.54) is 12.1 Å². The number of aromatic nitrogens is 1. The average molecular weight is 359 g/mol. The first-order chi connectivity index (χ1) is 9.18. The first kappa shape index (κ1) is 15.1. The van der Waals surface area contributed by atoms with E-state index in [-0.39, 0.29) is 16.2 Å². The van der Waals surface area contributed by atoms with Gasteiger partial charge in [0.25, 0.3) is 10.0 Å². The number of halogens is 1. The number of hydrogen-bond donors (Lipinski definition) is 1. The van der Waals surface area contributed by atoms with Crippen molar-refractivity contribution in [3.63, 3.8) is 0 Å². The van der Waals surface area contributed by atoms with Gasteiger partial charge < -0.3 is 4.52 Å². The summed E-state index contributed by atoms with van der Waals surface area (Å²) in [5.41, 5.74) is 0.479. The Labute approximate surface area is 126 Å². The van der Waals surface area contributed by atoms with E-state index >= 15 is 0 Å². The SMILES string of the molecule is CC(C)(C)c1cc(NS(=O)(=O)c2cccc(Br)c2)on1. The lowest BCUT2D eigenvalue weighted by molar-refractivity contribution is 0.405. The molecule has 0 amide bonds. The first-order valence-electron chi connectivity index (χ1n) is 5.94. The van der Waals surface area contributed by atoms with E-state index < -0.39 is 10.0 Å². The molecule has 0 unspecified atom stereocenters. The highest BCUT2D eigenvalue weighted by molar-refractivity contribution is 9.10. The highest BCUT2D eigenvalue weighted by Gasteiger charge is 2.22. The number of sulfonamides is 1. The van der Waals surface area contributed by atoms with Gasteiger partial charge in [0.2, 0.25) is 5.88 Å². The van der Waals surface area contributed by atoms with Crippen molar-refractivity contribution in [3.8, 4) is 0 Å². The Hall–Kier alpha value is -1.34. The molecule has 2 rings (SSSR count). The summed E-state index contributed by atoms with van der Waals surface area (Å²) >= 11 is 3.24. The van der Waals surface area contributed by atoms with Crippen LogP contribution in [0.1, 0.15) is 26.5 Å². The molecule has 0 fully saturated rings. The second kappa shape index (κ2) is 5.21. The summed E-state index contributed by atoms with van der Waals surface area (Å²) in [5.74, 6) is 0.106. The Morgan fingerprint density at radius 2 is 1.95 bits per heavy atom. The Morgan fingerprint density at radius 3 is 2.50 bits per heavy atom. The molecule has 0 aliphatic carbocycles. The van der Waals surface area contributed by atoms with Crippen molar-refractivity contribution in [1.29, 1.82) is 0 Å². The Morgan fingerprint density at radius 1 is 1.25 bits per heavy atom. The third-order valence-corrected chi connectivity index (χ3v) is 4.46. The van der Waals surface area contributed by atoms with E-state index in [1.807, 2.05) is 20.8 Å². The van der Waals surface area contributed by atoms with E-state index in [0.717, 1.165) is 0 Å². The summed E-state index contributed by atoms with van der Waals surface area (Å²) in [6.07, 6.45) is 0. The molecule has 0 atom stereocenters. The van der Waals surface area contributed by atoms with Crippen molar-refractivity contribution in [2.24, 2.45) is 0 Å². The summed E-state index contributed by atoms with van der Waals surface area (Å²) in [7, 11) is -3.68. The molecular weight excluding hydrogens is 344 g/mol. The lowest BCUT2D eigenvalue weighted by atomic mass is 9.92. The summed E-state index contributed by atoms with van der Waals surface area (Å²) in [6.45, 7) is 5.91. The van der Waals surface area contributed by atoms with Crippen molar-refractivity contribution in [2.45, 2.75) is 31.1 Å². The zero-order valence-corrected chi connectivity index (χ0v) is 13.7. The number of nitrogens with one attached hydrogen (secondary N) is 1. The molecule has 0 spiro atoms. The molecule has 108 valence electrons. The van der Waals surface area contributed by atoms with Gasteiger partial charge in [-0.3, -0.25) is 0 Å². The van der Waals surface area contributed by atoms with Gasteiger partial charge in [-0.2, -0.15) is 0 Å². The van der Waals surface area contributed by atoms with Crippen molar-refractivity contribution in [3.05, 3.63) is 40.5 Å². The van der Waals surface area contributed by atoms with Crippen LogP contribution in [0.3, 0.4) is 0 Å². The standard InChI is InChI=1S/C13H15BrN2O3S/c1-13(2,3)11-8-12(19-15-11)16-20(17,18)10-6-4-5-9(14)7-10/h4-8,16H,1-3H3. The molecule has 1 aromatic carbocycles. The first-order valence-corrected chi connectivity index (χ1v) is 8.22. The highest BCUT2D eigenvalue weighted by Crippen LogP contribution is 2.25. The molecule has 0 radical (unpaired) electrons. The molecular formula is C13H15BrN2O3S. The molecule has 0 saturated heterocycles. The van der Waals surface area contributed by atoms with Crippen molar-refractivity contribution < 1.29 is 12.9 Å². The van der Waals surface area contributed by atoms with Gasteiger partial charge in [0.15, 0.2) is 0 Å². The van der Waals surface area contributed by atoms with Gasteiger partial charge in [-0.1, -0.05) is 47.9 Å². The van der Waals surface area contributed by atoms with Crippen molar-refractivity contribution >= 4 is 31.8 Å². The fourth-order valence-electron chi connectivity index (χ4n) is 1.50. The molecule has 2 aromatic rings. The molecule has 0 bridgehead atoms. The van der Waals surface area contributed by atoms with Gasteiger partial charge in [0.1, 0.15) is 0 Å². The van der Waals surface area contributed by atoms with Crippen LogP contribution in [-0.2, 0) is 15.4 Å². The minimum absolute atomic E-state index is 0.106. The van der Waals surface area contributed by atoms with Gasteiger partial charge in [0, 0.05) is 16.0 Å². The highest BCUT2D eigenvalue weighted by atomic mass is 79.9. The molecule has 0 aliphatic heterocycles. The van der Waals surface area contributed by atoms with Crippen LogP contribution >= 0.6 is 15.9 Å². The van der Waals surface area contributed by atoms with Gasteiger partial charge in [-0.15, -0.1) is 0 Å². The third kappa shape index (κ3) is 3.40. The second-order valence-corrected chi connectivity index (χ2v) is 7.99. The van der Waals surface area contributed by atoms with Crippen molar-refractivity contribution in [2.75, 3.05) is 4.72 Å². The van der Waals surface area contributed by atoms with E-state index in [9.17, 15) is 8.42 Å². The summed E-state index contributed by atoms with van der Waals surface area (Å²) in [5, 5.41) is 3.87. The number of rotatable bonds is 3. The van der Waals surface area contributed by atoms with Crippen LogP contribution in [0, 0.1) is 0 Å². The Balaban J connectivity index is 2.27. The van der Waals surface area contributed by atoms with Crippen molar-refractivity contribution in [1.82, 2.24) is 5.16 Å². The normalized spacial score (nSPS) is 12.4. The largest absolute Gasteiger partial charge is 0.338 e. The predicted octanol–water partition coefficient (Wildman–Crippen LogP) is 3.54. The molecule has 20 heavy (non-hydrogen) atoms. The molecule has 1 N–H and O–H groups in total. The second-order valence-electron chi connectivity index (χ2n) is 5.39. The number of anilines is 1. The number of benzene rings is 1. The van der Waals surface area contributed by atoms with Gasteiger partial charge in [-0.05, 0) is 18.2 Å². The fraction of sp³-hybridized carbons (Fsp3) is 0.308. The maximum atomic E-state index is 12.2. The smallest absolute Gasteiger partial charge is 0.264 e. The molecule has 0 aliphatic rings. The molecule has 0 saturated carbocycles. The topological polar surface area (TPSA) is 72.2 Å². The molecule has 5 nitrogen and oxygen atoms in total. The lowest BCUT2D eigenvalue weighted by Crippen LogP contribution is -2.13. The molecule has 1 aromatic heterocycles. The number of hydrogen-bond acceptors (Lipinski definition) is 4.